The first kappa shape index (κ1) is 21.1. The molecule has 5 rings (SSSR count). The standard InChI is InChI=1S/C25H27N7O/c1-24(2)15-9-7-11-31(5)21(15)26-17(24)13-19-28-20(30-23(33)29-19)14-18-25(3,4)16-10-8-12-32(6)22(16)27-18/h7-14H,1-6H3,(H,28,29,30,33)/b17-13-,18-14-. The molecule has 0 aliphatic carbocycles. The third-order valence-electron chi connectivity index (χ3n) is 6.57. The van der Waals surface area contributed by atoms with Gasteiger partial charge in [-0.1, -0.05) is 39.8 Å². The maximum absolute atomic E-state index is 10.2. The maximum Gasteiger partial charge on any atom is 0.317 e. The number of fused-ring (bicyclic) bond motifs is 2. The van der Waals surface area contributed by atoms with Gasteiger partial charge in [-0.3, -0.25) is 0 Å². The van der Waals surface area contributed by atoms with Crippen LogP contribution in [0.1, 0.15) is 39.3 Å². The summed E-state index contributed by atoms with van der Waals surface area (Å²) in [5.41, 5.74) is 3.30. The molecule has 1 N–H and O–H groups in total. The van der Waals surface area contributed by atoms with Gasteiger partial charge in [0.25, 0.3) is 0 Å². The van der Waals surface area contributed by atoms with E-state index in [0.717, 1.165) is 34.2 Å². The summed E-state index contributed by atoms with van der Waals surface area (Å²) in [6.07, 6.45) is 15.8. The monoisotopic (exact) mass is 441 g/mol. The largest absolute Gasteiger partial charge is 0.479 e. The number of nitrogens with zero attached hydrogens (tertiary/aromatic N) is 7. The zero-order valence-corrected chi connectivity index (χ0v) is 19.7. The SMILES string of the molecule is CN1C=CC=C2C1=N/C(=C\c1nc(O)nc(/C=C3\N=C4C(=CC=CN4C)C3(C)C)n1)C2(C)C. The van der Waals surface area contributed by atoms with Crippen LogP contribution in [0.2, 0.25) is 0 Å². The number of likely N-dealkylation sites (N-methyl/N-ethyl adjacent to an activating group) is 2. The van der Waals surface area contributed by atoms with Crippen LogP contribution in [-0.2, 0) is 0 Å². The quantitative estimate of drug-likeness (QED) is 0.749. The Morgan fingerprint density at radius 2 is 1.15 bits per heavy atom. The number of hydrogen-bond acceptors (Lipinski definition) is 8. The van der Waals surface area contributed by atoms with E-state index in [4.69, 9.17) is 9.98 Å². The van der Waals surface area contributed by atoms with Crippen molar-refractivity contribution in [3.05, 3.63) is 70.9 Å². The highest BCUT2D eigenvalue weighted by Crippen LogP contribution is 2.45. The van der Waals surface area contributed by atoms with Crippen LogP contribution < -0.4 is 0 Å². The van der Waals surface area contributed by atoms with E-state index in [0.29, 0.717) is 11.6 Å². The fourth-order valence-corrected chi connectivity index (χ4v) is 4.44. The molecule has 0 spiro atoms. The second-order valence-electron chi connectivity index (χ2n) is 9.60. The van der Waals surface area contributed by atoms with E-state index in [-0.39, 0.29) is 16.8 Å². The molecule has 1 aromatic heterocycles. The minimum atomic E-state index is -0.332. The second-order valence-corrected chi connectivity index (χ2v) is 9.60. The Kier molecular flexibility index (Phi) is 4.53. The van der Waals surface area contributed by atoms with Crippen LogP contribution >= 0.6 is 0 Å². The Hall–Kier alpha value is -3.81. The molecule has 4 aliphatic rings. The molecule has 168 valence electrons. The number of aromatic nitrogens is 3. The highest BCUT2D eigenvalue weighted by Gasteiger charge is 2.40. The minimum absolute atomic E-state index is 0.311. The first-order valence-electron chi connectivity index (χ1n) is 10.9. The summed E-state index contributed by atoms with van der Waals surface area (Å²) < 4.78 is 0. The molecule has 5 heterocycles. The van der Waals surface area contributed by atoms with Gasteiger partial charge in [-0.25, -0.2) is 15.0 Å². The highest BCUT2D eigenvalue weighted by molar-refractivity contribution is 6.06. The highest BCUT2D eigenvalue weighted by atomic mass is 16.3. The maximum atomic E-state index is 10.2. The second kappa shape index (κ2) is 7.10. The van der Waals surface area contributed by atoms with Gasteiger partial charge >= 0.3 is 6.01 Å². The van der Waals surface area contributed by atoms with Gasteiger partial charge in [-0.2, -0.15) is 9.97 Å². The lowest BCUT2D eigenvalue weighted by atomic mass is 9.81. The molecule has 0 amide bonds. The van der Waals surface area contributed by atoms with E-state index in [9.17, 15) is 5.11 Å². The first-order chi connectivity index (χ1) is 15.6. The zero-order valence-electron chi connectivity index (χ0n) is 19.7. The molecule has 0 radical (unpaired) electrons. The molecule has 0 unspecified atom stereocenters. The third-order valence-corrected chi connectivity index (χ3v) is 6.57. The summed E-state index contributed by atoms with van der Waals surface area (Å²) in [5.74, 6) is 2.53. The minimum Gasteiger partial charge on any atom is -0.479 e. The molecule has 0 saturated heterocycles. The van der Waals surface area contributed by atoms with Crippen molar-refractivity contribution in [2.24, 2.45) is 20.8 Å². The molecule has 4 aliphatic heterocycles. The van der Waals surface area contributed by atoms with E-state index in [2.05, 4.69) is 54.8 Å². The van der Waals surface area contributed by atoms with Crippen molar-refractivity contribution in [2.45, 2.75) is 27.7 Å². The van der Waals surface area contributed by atoms with Crippen molar-refractivity contribution in [2.75, 3.05) is 14.1 Å². The van der Waals surface area contributed by atoms with E-state index in [1.165, 1.54) is 0 Å². The van der Waals surface area contributed by atoms with Crippen molar-refractivity contribution in [3.63, 3.8) is 0 Å². The van der Waals surface area contributed by atoms with Crippen molar-refractivity contribution < 1.29 is 5.11 Å². The van der Waals surface area contributed by atoms with Crippen LogP contribution in [0.25, 0.3) is 12.2 Å². The van der Waals surface area contributed by atoms with Crippen molar-refractivity contribution >= 4 is 23.8 Å². The first-order valence-corrected chi connectivity index (χ1v) is 10.9. The number of hydrogen-bond donors (Lipinski definition) is 1. The van der Waals surface area contributed by atoms with Gasteiger partial charge < -0.3 is 14.9 Å². The Labute approximate surface area is 193 Å². The van der Waals surface area contributed by atoms with Crippen LogP contribution in [0.15, 0.2) is 69.2 Å². The smallest absolute Gasteiger partial charge is 0.317 e. The fourth-order valence-electron chi connectivity index (χ4n) is 4.44. The van der Waals surface area contributed by atoms with Crippen LogP contribution in [-0.4, -0.2) is 55.6 Å². The molecule has 1 aromatic rings. The van der Waals surface area contributed by atoms with Gasteiger partial charge in [0.1, 0.15) is 11.7 Å². The average Bonchev–Trinajstić information content (AvgIpc) is 3.14. The molecule has 0 saturated carbocycles. The van der Waals surface area contributed by atoms with Crippen LogP contribution in [0.3, 0.4) is 0 Å². The van der Waals surface area contributed by atoms with Crippen LogP contribution in [0.5, 0.6) is 6.01 Å². The number of allylic oxidation sites excluding steroid dienone is 6. The Morgan fingerprint density at radius 3 is 1.55 bits per heavy atom. The zero-order chi connectivity index (χ0) is 23.5. The number of rotatable bonds is 2. The molecule has 0 atom stereocenters. The van der Waals surface area contributed by atoms with Gasteiger partial charge in [-0.15, -0.1) is 0 Å². The topological polar surface area (TPSA) is 90.1 Å². The summed E-state index contributed by atoms with van der Waals surface area (Å²) >= 11 is 0. The summed E-state index contributed by atoms with van der Waals surface area (Å²) in [5, 5.41) is 10.2. The average molecular weight is 442 g/mol. The lowest BCUT2D eigenvalue weighted by molar-refractivity contribution is 0.426. The van der Waals surface area contributed by atoms with Crippen molar-refractivity contribution in [1.29, 1.82) is 0 Å². The molecular weight excluding hydrogens is 414 g/mol. The summed E-state index contributed by atoms with van der Waals surface area (Å²) in [4.78, 5) is 26.5. The normalized spacial score (nSPS) is 24.5. The van der Waals surface area contributed by atoms with Crippen molar-refractivity contribution in [1.82, 2.24) is 24.8 Å². The molecule has 0 fully saturated rings. The van der Waals surface area contributed by atoms with Crippen LogP contribution in [0.4, 0.5) is 0 Å². The van der Waals surface area contributed by atoms with E-state index in [1.807, 2.05) is 60.6 Å². The Bertz CT molecular complexity index is 1210. The number of aliphatic imine (C=N–C) groups is 2. The van der Waals surface area contributed by atoms with Gasteiger partial charge in [0, 0.05) is 60.6 Å². The predicted octanol–water partition coefficient (Wildman–Crippen LogP) is 3.91. The molecule has 33 heavy (non-hydrogen) atoms. The van der Waals surface area contributed by atoms with E-state index >= 15 is 0 Å². The molecule has 0 aromatic carbocycles. The fraction of sp³-hybridized carbons (Fsp3) is 0.320. The van der Waals surface area contributed by atoms with Gasteiger partial charge in [0.05, 0.1) is 11.4 Å². The van der Waals surface area contributed by atoms with Crippen LogP contribution in [0, 0.1) is 10.8 Å². The lowest BCUT2D eigenvalue weighted by Crippen LogP contribution is -2.27. The lowest BCUT2D eigenvalue weighted by Gasteiger charge is -2.26. The van der Waals surface area contributed by atoms with Gasteiger partial charge in [-0.05, 0) is 12.2 Å². The summed E-state index contributed by atoms with van der Waals surface area (Å²) in [7, 11) is 3.95. The summed E-state index contributed by atoms with van der Waals surface area (Å²) in [6, 6.07) is -0.332. The Balaban J connectivity index is 1.54. The molecule has 8 nitrogen and oxygen atoms in total. The van der Waals surface area contributed by atoms with Crippen molar-refractivity contribution in [3.8, 4) is 6.01 Å². The Morgan fingerprint density at radius 1 is 0.727 bits per heavy atom. The number of amidine groups is 2. The van der Waals surface area contributed by atoms with E-state index < -0.39 is 0 Å². The molecular formula is C25H27N7O. The van der Waals surface area contributed by atoms with E-state index in [1.54, 1.807) is 0 Å². The summed E-state index contributed by atoms with van der Waals surface area (Å²) in [6.45, 7) is 8.48. The predicted molar refractivity (Wildman–Crippen MR) is 130 cm³/mol. The molecule has 8 heteroatoms. The number of aromatic hydroxyl groups is 1. The third kappa shape index (κ3) is 3.33. The van der Waals surface area contributed by atoms with Gasteiger partial charge in [0.15, 0.2) is 11.6 Å². The van der Waals surface area contributed by atoms with Gasteiger partial charge in [0.2, 0.25) is 0 Å². The molecule has 0 bridgehead atoms.